The molecule has 0 unspecified atom stereocenters. The molecule has 3 heterocycles. The number of hydrogen-bond donors (Lipinski definition) is 0. The van der Waals surface area contributed by atoms with Gasteiger partial charge in [0.15, 0.2) is 5.52 Å². The lowest BCUT2D eigenvalue weighted by Crippen LogP contribution is -2.41. The van der Waals surface area contributed by atoms with E-state index in [2.05, 4.69) is 9.97 Å². The molecule has 2 aromatic heterocycles. The van der Waals surface area contributed by atoms with Crippen LogP contribution < -0.4 is 10.5 Å². The molecule has 8 heteroatoms. The third-order valence-corrected chi connectivity index (χ3v) is 4.86. The van der Waals surface area contributed by atoms with Gasteiger partial charge in [-0.1, -0.05) is 36.4 Å². The van der Waals surface area contributed by atoms with Crippen LogP contribution in [0.15, 0.2) is 47.3 Å². The van der Waals surface area contributed by atoms with Gasteiger partial charge in [-0.15, -0.1) is 0 Å². The number of nitrogens with zero attached hydrogens (tertiary/aromatic N) is 4. The molecule has 1 aliphatic rings. The number of hydrogen-bond acceptors (Lipinski definition) is 7. The summed E-state index contributed by atoms with van der Waals surface area (Å²) in [5.41, 5.74) is 1.99. The number of pyridine rings is 1. The fraction of sp³-hybridized carbons (Fsp3) is 0.273. The number of carbonyl (C=O) groups is 1. The quantitative estimate of drug-likeness (QED) is 0.599. The zero-order chi connectivity index (χ0) is 20.9. The molecule has 154 valence electrons. The van der Waals surface area contributed by atoms with E-state index in [1.165, 1.54) is 11.7 Å². The highest BCUT2D eigenvalue weighted by molar-refractivity contribution is 5.79. The fourth-order valence-electron chi connectivity index (χ4n) is 3.28. The summed E-state index contributed by atoms with van der Waals surface area (Å²) in [4.78, 5) is 36.3. The van der Waals surface area contributed by atoms with Gasteiger partial charge < -0.3 is 14.4 Å². The molecule has 30 heavy (non-hydrogen) atoms. The van der Waals surface area contributed by atoms with E-state index >= 15 is 0 Å². The van der Waals surface area contributed by atoms with Gasteiger partial charge in [-0.05, 0) is 23.8 Å². The molecule has 0 saturated carbocycles. The van der Waals surface area contributed by atoms with Crippen molar-refractivity contribution in [1.29, 1.82) is 0 Å². The molecule has 0 spiro atoms. The average molecular weight is 406 g/mol. The van der Waals surface area contributed by atoms with Crippen molar-refractivity contribution < 1.29 is 14.3 Å². The zero-order valence-electron chi connectivity index (χ0n) is 16.7. The summed E-state index contributed by atoms with van der Waals surface area (Å²) in [6, 6.07) is 13.4. The normalized spacial score (nSPS) is 14.4. The zero-order valence-corrected chi connectivity index (χ0v) is 16.7. The van der Waals surface area contributed by atoms with Crippen molar-refractivity contribution in [2.45, 2.75) is 6.54 Å². The van der Waals surface area contributed by atoms with Crippen LogP contribution in [0.2, 0.25) is 0 Å². The van der Waals surface area contributed by atoms with Crippen LogP contribution in [0, 0.1) is 0 Å². The number of carbonyl (C=O) groups excluding carboxylic acids is 1. The van der Waals surface area contributed by atoms with Gasteiger partial charge in [-0.3, -0.25) is 14.2 Å². The van der Waals surface area contributed by atoms with E-state index in [1.54, 1.807) is 6.07 Å². The molecule has 1 aromatic carbocycles. The van der Waals surface area contributed by atoms with E-state index in [0.29, 0.717) is 43.5 Å². The molecule has 4 rings (SSSR count). The third-order valence-electron chi connectivity index (χ3n) is 4.86. The summed E-state index contributed by atoms with van der Waals surface area (Å²) in [5, 5.41) is 0. The molecule has 1 aliphatic heterocycles. The Bertz CT molecular complexity index is 1140. The van der Waals surface area contributed by atoms with E-state index < -0.39 is 5.97 Å². The Morgan fingerprint density at radius 3 is 2.60 bits per heavy atom. The molecule has 3 aromatic rings. The Labute approximate surface area is 173 Å². The van der Waals surface area contributed by atoms with Crippen molar-refractivity contribution in [2.24, 2.45) is 0 Å². The molecule has 0 radical (unpaired) electrons. The maximum absolute atomic E-state index is 13.2. The molecule has 8 nitrogen and oxygen atoms in total. The van der Waals surface area contributed by atoms with Crippen molar-refractivity contribution >= 4 is 35.1 Å². The number of anilines is 1. The summed E-state index contributed by atoms with van der Waals surface area (Å²) in [6.07, 6.45) is 3.77. The first-order valence-electron chi connectivity index (χ1n) is 9.70. The van der Waals surface area contributed by atoms with Gasteiger partial charge in [0.25, 0.3) is 5.56 Å². The highest BCUT2D eigenvalue weighted by Gasteiger charge is 2.21. The maximum Gasteiger partial charge on any atom is 0.325 e. The smallest absolute Gasteiger partial charge is 0.325 e. The first-order valence-corrected chi connectivity index (χ1v) is 9.70. The molecule has 1 saturated heterocycles. The van der Waals surface area contributed by atoms with Crippen LogP contribution in [-0.2, 0) is 20.8 Å². The molecular weight excluding hydrogens is 384 g/mol. The van der Waals surface area contributed by atoms with Crippen LogP contribution in [0.25, 0.3) is 23.2 Å². The monoisotopic (exact) mass is 406 g/mol. The Hall–Kier alpha value is -3.52. The van der Waals surface area contributed by atoms with Gasteiger partial charge in [-0.25, -0.2) is 9.97 Å². The largest absolute Gasteiger partial charge is 0.468 e. The second-order valence-electron chi connectivity index (χ2n) is 6.83. The van der Waals surface area contributed by atoms with Crippen molar-refractivity contribution in [2.75, 3.05) is 38.3 Å². The summed E-state index contributed by atoms with van der Waals surface area (Å²) in [7, 11) is 1.29. The van der Waals surface area contributed by atoms with E-state index in [4.69, 9.17) is 9.47 Å². The van der Waals surface area contributed by atoms with Crippen LogP contribution >= 0.6 is 0 Å². The molecular formula is C22H22N4O4. The van der Waals surface area contributed by atoms with Crippen LogP contribution in [0.4, 0.5) is 5.95 Å². The van der Waals surface area contributed by atoms with Crippen LogP contribution in [0.5, 0.6) is 0 Å². The van der Waals surface area contributed by atoms with Crippen LogP contribution in [-0.4, -0.2) is 53.9 Å². The van der Waals surface area contributed by atoms with Crippen molar-refractivity contribution in [3.63, 3.8) is 0 Å². The number of esters is 1. The molecule has 0 aliphatic carbocycles. The van der Waals surface area contributed by atoms with Gasteiger partial charge in [0, 0.05) is 13.1 Å². The Kier molecular flexibility index (Phi) is 5.85. The molecule has 0 bridgehead atoms. The highest BCUT2D eigenvalue weighted by Crippen LogP contribution is 2.17. The van der Waals surface area contributed by atoms with Crippen molar-refractivity contribution in [1.82, 2.24) is 14.5 Å². The fourth-order valence-corrected chi connectivity index (χ4v) is 3.28. The topological polar surface area (TPSA) is 86.6 Å². The summed E-state index contributed by atoms with van der Waals surface area (Å²) < 4.78 is 11.5. The lowest BCUT2D eigenvalue weighted by Gasteiger charge is -2.29. The number of rotatable bonds is 5. The number of benzene rings is 1. The second kappa shape index (κ2) is 8.87. The Morgan fingerprint density at radius 1 is 1.10 bits per heavy atom. The highest BCUT2D eigenvalue weighted by atomic mass is 16.5. The van der Waals surface area contributed by atoms with E-state index in [1.807, 2.05) is 53.5 Å². The average Bonchev–Trinajstić information content (AvgIpc) is 2.80. The number of ether oxygens (including phenoxy) is 2. The van der Waals surface area contributed by atoms with Gasteiger partial charge in [0.05, 0.1) is 31.5 Å². The van der Waals surface area contributed by atoms with Crippen LogP contribution in [0.3, 0.4) is 0 Å². The summed E-state index contributed by atoms with van der Waals surface area (Å²) in [5.74, 6) is -0.0940. The standard InChI is InChI=1S/C22H22N4O4/c1-29-19(27)15-26-21(28)20-18(24-22(26)25-11-13-30-14-12-25)10-9-17(23-20)8-7-16-5-3-2-4-6-16/h2-10H,11-15H2,1H3/b8-7+. The van der Waals surface area contributed by atoms with Crippen LogP contribution in [0.1, 0.15) is 11.3 Å². The van der Waals surface area contributed by atoms with Gasteiger partial charge in [0.1, 0.15) is 6.54 Å². The van der Waals surface area contributed by atoms with E-state index in [-0.39, 0.29) is 17.6 Å². The predicted molar refractivity (Wildman–Crippen MR) is 114 cm³/mol. The maximum atomic E-state index is 13.2. The molecule has 0 atom stereocenters. The van der Waals surface area contributed by atoms with Crippen molar-refractivity contribution in [3.8, 4) is 0 Å². The predicted octanol–water partition coefficient (Wildman–Crippen LogP) is 1.97. The van der Waals surface area contributed by atoms with E-state index in [9.17, 15) is 9.59 Å². The minimum absolute atomic E-state index is 0.214. The second-order valence-corrected chi connectivity index (χ2v) is 6.83. The van der Waals surface area contributed by atoms with Crippen molar-refractivity contribution in [3.05, 3.63) is 64.1 Å². The SMILES string of the molecule is COC(=O)Cn1c(N2CCOCC2)nc2ccc(/C=C/c3ccccc3)nc2c1=O. The van der Waals surface area contributed by atoms with Gasteiger partial charge >= 0.3 is 5.97 Å². The third kappa shape index (κ3) is 4.23. The number of aromatic nitrogens is 3. The molecule has 0 N–H and O–H groups in total. The lowest BCUT2D eigenvalue weighted by molar-refractivity contribution is -0.141. The summed E-state index contributed by atoms with van der Waals surface area (Å²) >= 11 is 0. The summed E-state index contributed by atoms with van der Waals surface area (Å²) in [6.45, 7) is 2.02. The number of methoxy groups -OCH3 is 1. The molecule has 0 amide bonds. The Balaban J connectivity index is 1.77. The first-order chi connectivity index (χ1) is 14.7. The minimum atomic E-state index is -0.520. The Morgan fingerprint density at radius 2 is 1.87 bits per heavy atom. The first kappa shape index (κ1) is 19.8. The van der Waals surface area contributed by atoms with E-state index in [0.717, 1.165) is 5.56 Å². The molecule has 1 fully saturated rings. The number of morpholine rings is 1. The van der Waals surface area contributed by atoms with Gasteiger partial charge in [0.2, 0.25) is 5.95 Å². The van der Waals surface area contributed by atoms with Gasteiger partial charge in [-0.2, -0.15) is 0 Å². The minimum Gasteiger partial charge on any atom is -0.468 e. The number of fused-ring (bicyclic) bond motifs is 1. The lowest BCUT2D eigenvalue weighted by atomic mass is 10.2.